The second-order valence-corrected chi connectivity index (χ2v) is 3.88. The van der Waals surface area contributed by atoms with Crippen molar-refractivity contribution in [3.8, 4) is 0 Å². The molecule has 1 unspecified atom stereocenters. The molecule has 88 valence electrons. The van der Waals surface area contributed by atoms with E-state index in [1.807, 2.05) is 37.3 Å². The van der Waals surface area contributed by atoms with E-state index in [0.717, 1.165) is 10.9 Å². The number of rotatable bonds is 4. The normalized spacial score (nSPS) is 12.6. The lowest BCUT2D eigenvalue weighted by Gasteiger charge is -2.10. The third-order valence-electron chi connectivity index (χ3n) is 2.66. The molecule has 3 nitrogen and oxygen atoms in total. The molecule has 0 saturated carbocycles. The number of aromatic nitrogens is 1. The van der Waals surface area contributed by atoms with Crippen molar-refractivity contribution in [2.45, 2.75) is 20.0 Å². The summed E-state index contributed by atoms with van der Waals surface area (Å²) in [5.74, 6) is -0.0231. The number of Topliss-reactive ketones (excluding diaryl/α,β-unsaturated/α-hetero) is 1. The van der Waals surface area contributed by atoms with Crippen LogP contribution in [0.1, 0.15) is 24.2 Å². The number of carbonyl (C=O) groups excluding carboxylic acids is 1. The first-order valence-electron chi connectivity index (χ1n) is 5.73. The van der Waals surface area contributed by atoms with Gasteiger partial charge in [0.2, 0.25) is 0 Å². The minimum absolute atomic E-state index is 0.0231. The average molecular weight is 229 g/mol. The average Bonchev–Trinajstić information content (AvgIpc) is 2.37. The van der Waals surface area contributed by atoms with Crippen molar-refractivity contribution in [2.75, 3.05) is 6.61 Å². The molecule has 2 aromatic rings. The van der Waals surface area contributed by atoms with Gasteiger partial charge in [0.15, 0.2) is 5.78 Å². The molecule has 0 aliphatic heterocycles. The molecule has 0 spiro atoms. The molecule has 0 saturated heterocycles. The van der Waals surface area contributed by atoms with Crippen LogP contribution in [0.4, 0.5) is 0 Å². The van der Waals surface area contributed by atoms with Crippen LogP contribution in [-0.2, 0) is 4.74 Å². The molecule has 0 N–H and O–H groups in total. The van der Waals surface area contributed by atoms with Crippen LogP contribution in [0.25, 0.3) is 10.9 Å². The number of para-hydroxylation sites is 1. The van der Waals surface area contributed by atoms with E-state index in [0.29, 0.717) is 12.2 Å². The van der Waals surface area contributed by atoms with Crippen LogP contribution in [0.15, 0.2) is 36.5 Å². The third-order valence-corrected chi connectivity index (χ3v) is 2.66. The number of pyridine rings is 1. The highest BCUT2D eigenvalue weighted by Crippen LogP contribution is 2.14. The van der Waals surface area contributed by atoms with E-state index in [1.54, 1.807) is 13.1 Å². The van der Waals surface area contributed by atoms with E-state index in [9.17, 15) is 4.79 Å². The standard InChI is InChI=1S/C14H15NO2/c1-3-17-10(2)14(16)12-8-11-6-4-5-7-13(11)15-9-12/h4-10H,3H2,1-2H3. The van der Waals surface area contributed by atoms with Crippen molar-refractivity contribution in [3.63, 3.8) is 0 Å². The summed E-state index contributed by atoms with van der Waals surface area (Å²) in [6.07, 6.45) is 1.20. The Morgan fingerprint density at radius 2 is 2.18 bits per heavy atom. The van der Waals surface area contributed by atoms with E-state index in [-0.39, 0.29) is 5.78 Å². The highest BCUT2D eigenvalue weighted by atomic mass is 16.5. The number of ether oxygens (including phenoxy) is 1. The van der Waals surface area contributed by atoms with E-state index in [2.05, 4.69) is 4.98 Å². The molecule has 1 atom stereocenters. The lowest BCUT2D eigenvalue weighted by Crippen LogP contribution is -2.20. The summed E-state index contributed by atoms with van der Waals surface area (Å²) in [7, 11) is 0. The molecule has 0 aliphatic carbocycles. The van der Waals surface area contributed by atoms with Crippen LogP contribution in [0.3, 0.4) is 0 Å². The Morgan fingerprint density at radius 1 is 1.41 bits per heavy atom. The largest absolute Gasteiger partial charge is 0.371 e. The first-order valence-corrected chi connectivity index (χ1v) is 5.73. The van der Waals surface area contributed by atoms with Crippen LogP contribution in [0, 0.1) is 0 Å². The number of benzene rings is 1. The summed E-state index contributed by atoms with van der Waals surface area (Å²) in [4.78, 5) is 16.3. The summed E-state index contributed by atoms with van der Waals surface area (Å²) in [6, 6.07) is 9.60. The van der Waals surface area contributed by atoms with Gasteiger partial charge in [-0.2, -0.15) is 0 Å². The number of carbonyl (C=O) groups is 1. The summed E-state index contributed by atoms with van der Waals surface area (Å²) in [6.45, 7) is 4.18. The van der Waals surface area contributed by atoms with Gasteiger partial charge in [-0.05, 0) is 26.0 Å². The second-order valence-electron chi connectivity index (χ2n) is 3.88. The van der Waals surface area contributed by atoms with Crippen molar-refractivity contribution in [1.82, 2.24) is 4.98 Å². The molecule has 17 heavy (non-hydrogen) atoms. The molecular weight excluding hydrogens is 214 g/mol. The molecule has 0 radical (unpaired) electrons. The van der Waals surface area contributed by atoms with Crippen LogP contribution in [0.5, 0.6) is 0 Å². The van der Waals surface area contributed by atoms with E-state index >= 15 is 0 Å². The molecule has 2 rings (SSSR count). The molecule has 1 aromatic carbocycles. The predicted molar refractivity (Wildman–Crippen MR) is 67.2 cm³/mol. The second kappa shape index (κ2) is 5.06. The maximum atomic E-state index is 12.0. The minimum Gasteiger partial charge on any atom is -0.371 e. The monoisotopic (exact) mass is 229 g/mol. The predicted octanol–water partition coefficient (Wildman–Crippen LogP) is 2.84. The van der Waals surface area contributed by atoms with Crippen molar-refractivity contribution in [1.29, 1.82) is 0 Å². The molecule has 0 amide bonds. The summed E-state index contributed by atoms with van der Waals surface area (Å²) < 4.78 is 5.29. The number of fused-ring (bicyclic) bond motifs is 1. The van der Waals surface area contributed by atoms with Crippen molar-refractivity contribution in [3.05, 3.63) is 42.1 Å². The fourth-order valence-corrected chi connectivity index (χ4v) is 1.77. The van der Waals surface area contributed by atoms with Gasteiger partial charge in [0.25, 0.3) is 0 Å². The molecule has 0 fully saturated rings. The molecule has 1 heterocycles. The Morgan fingerprint density at radius 3 is 2.94 bits per heavy atom. The highest BCUT2D eigenvalue weighted by molar-refractivity contribution is 6.01. The van der Waals surface area contributed by atoms with Crippen molar-refractivity contribution < 1.29 is 9.53 Å². The van der Waals surface area contributed by atoms with Gasteiger partial charge in [-0.25, -0.2) is 0 Å². The van der Waals surface area contributed by atoms with Gasteiger partial charge in [0.1, 0.15) is 6.10 Å². The summed E-state index contributed by atoms with van der Waals surface area (Å²) in [5.41, 5.74) is 1.50. The van der Waals surface area contributed by atoms with Gasteiger partial charge < -0.3 is 4.74 Å². The molecule has 0 aliphatic rings. The molecular formula is C14H15NO2. The minimum atomic E-state index is -0.414. The fraction of sp³-hybridized carbons (Fsp3) is 0.286. The maximum Gasteiger partial charge on any atom is 0.192 e. The van der Waals surface area contributed by atoms with Gasteiger partial charge in [0, 0.05) is 23.8 Å². The molecule has 1 aromatic heterocycles. The van der Waals surface area contributed by atoms with Gasteiger partial charge >= 0.3 is 0 Å². The lowest BCUT2D eigenvalue weighted by atomic mass is 10.1. The lowest BCUT2D eigenvalue weighted by molar-refractivity contribution is 0.0520. The van der Waals surface area contributed by atoms with Crippen LogP contribution in [0.2, 0.25) is 0 Å². The first-order chi connectivity index (χ1) is 8.22. The number of hydrogen-bond donors (Lipinski definition) is 0. The van der Waals surface area contributed by atoms with E-state index in [4.69, 9.17) is 4.74 Å². The molecule has 0 bridgehead atoms. The number of hydrogen-bond acceptors (Lipinski definition) is 3. The summed E-state index contributed by atoms with van der Waals surface area (Å²) in [5, 5.41) is 0.974. The zero-order chi connectivity index (χ0) is 12.3. The van der Waals surface area contributed by atoms with Gasteiger partial charge in [-0.1, -0.05) is 18.2 Å². The van der Waals surface area contributed by atoms with Gasteiger partial charge in [-0.15, -0.1) is 0 Å². The summed E-state index contributed by atoms with van der Waals surface area (Å²) >= 11 is 0. The maximum absolute atomic E-state index is 12.0. The Kier molecular flexibility index (Phi) is 3.49. The Bertz CT molecular complexity index is 536. The SMILES string of the molecule is CCOC(C)C(=O)c1cnc2ccccc2c1. The van der Waals surface area contributed by atoms with Crippen LogP contribution < -0.4 is 0 Å². The van der Waals surface area contributed by atoms with Gasteiger partial charge in [-0.3, -0.25) is 9.78 Å². The zero-order valence-corrected chi connectivity index (χ0v) is 10.0. The van der Waals surface area contributed by atoms with Crippen molar-refractivity contribution >= 4 is 16.7 Å². The Balaban J connectivity index is 2.33. The number of ketones is 1. The Hall–Kier alpha value is -1.74. The number of nitrogens with zero attached hydrogens (tertiary/aromatic N) is 1. The van der Waals surface area contributed by atoms with Gasteiger partial charge in [0.05, 0.1) is 5.52 Å². The quantitative estimate of drug-likeness (QED) is 0.757. The van der Waals surface area contributed by atoms with E-state index < -0.39 is 6.10 Å². The third kappa shape index (κ3) is 2.50. The van der Waals surface area contributed by atoms with Crippen LogP contribution in [-0.4, -0.2) is 23.5 Å². The smallest absolute Gasteiger partial charge is 0.192 e. The zero-order valence-electron chi connectivity index (χ0n) is 10.0. The topological polar surface area (TPSA) is 39.2 Å². The van der Waals surface area contributed by atoms with Crippen molar-refractivity contribution in [2.24, 2.45) is 0 Å². The van der Waals surface area contributed by atoms with Crippen LogP contribution >= 0.6 is 0 Å². The molecule has 3 heteroatoms. The van der Waals surface area contributed by atoms with E-state index in [1.165, 1.54) is 0 Å². The fourth-order valence-electron chi connectivity index (χ4n) is 1.77. The Labute approximate surface area is 100 Å². The highest BCUT2D eigenvalue weighted by Gasteiger charge is 2.15. The first kappa shape index (κ1) is 11.7.